The Kier molecular flexibility index (Phi) is 5.58. The lowest BCUT2D eigenvalue weighted by Gasteiger charge is -2.26. The Morgan fingerprint density at radius 3 is 1.86 bits per heavy atom. The SMILES string of the molecule is c1ccc(-c2ccc(N(c3ccc4sc5ccccc5c4c3)c3ccc4sc5c6ccccc6cnc5c4c3)cc2)cc1. The second-order valence-corrected chi connectivity index (χ2v) is 13.0. The molecule has 0 radical (unpaired) electrons. The minimum atomic E-state index is 1.07. The zero-order valence-electron chi connectivity index (χ0n) is 23.1. The standard InChI is InChI=1S/C39H24N2S2/c1-2-8-25(9-3-1)26-14-16-28(17-15-26)41(29-18-20-36-33(22-29)32-12-6-7-13-35(32)42-36)30-19-21-37-34(23-30)38-39(43-37)31-11-5-4-10-27(31)24-40-38/h1-24H. The van der Waals surface area contributed by atoms with E-state index in [4.69, 9.17) is 4.98 Å². The normalized spacial score (nSPS) is 11.7. The van der Waals surface area contributed by atoms with Gasteiger partial charge in [-0.1, -0.05) is 84.9 Å². The number of benzene rings is 6. The van der Waals surface area contributed by atoms with Crippen molar-refractivity contribution in [3.8, 4) is 11.1 Å². The molecule has 0 N–H and O–H groups in total. The predicted octanol–water partition coefficient (Wildman–Crippen LogP) is 12.1. The molecule has 0 saturated carbocycles. The van der Waals surface area contributed by atoms with Crippen LogP contribution in [0.25, 0.3) is 62.4 Å². The summed E-state index contributed by atoms with van der Waals surface area (Å²) in [7, 11) is 0. The molecule has 0 saturated heterocycles. The molecule has 0 atom stereocenters. The highest BCUT2D eigenvalue weighted by Crippen LogP contribution is 2.44. The summed E-state index contributed by atoms with van der Waals surface area (Å²) in [5.41, 5.74) is 6.87. The van der Waals surface area contributed by atoms with Crippen LogP contribution in [0.5, 0.6) is 0 Å². The maximum atomic E-state index is 4.95. The fourth-order valence-corrected chi connectivity index (χ4v) is 8.47. The first-order valence-electron chi connectivity index (χ1n) is 14.4. The Balaban J connectivity index is 1.25. The molecule has 0 fully saturated rings. The Morgan fingerprint density at radius 2 is 1.05 bits per heavy atom. The van der Waals surface area contributed by atoms with Crippen LogP contribution in [-0.2, 0) is 0 Å². The van der Waals surface area contributed by atoms with Crippen molar-refractivity contribution in [3.63, 3.8) is 0 Å². The molecule has 0 unspecified atom stereocenters. The molecule has 9 aromatic rings. The van der Waals surface area contributed by atoms with Gasteiger partial charge in [-0.15, -0.1) is 22.7 Å². The predicted molar refractivity (Wildman–Crippen MR) is 188 cm³/mol. The zero-order chi connectivity index (χ0) is 28.3. The van der Waals surface area contributed by atoms with Crippen LogP contribution >= 0.6 is 22.7 Å². The topological polar surface area (TPSA) is 16.1 Å². The molecule has 0 aliphatic rings. The van der Waals surface area contributed by atoms with Crippen molar-refractivity contribution >= 4 is 91.0 Å². The van der Waals surface area contributed by atoms with E-state index in [2.05, 4.69) is 144 Å². The lowest BCUT2D eigenvalue weighted by atomic mass is 10.0. The Labute approximate surface area is 256 Å². The van der Waals surface area contributed by atoms with Crippen LogP contribution in [0.2, 0.25) is 0 Å². The maximum absolute atomic E-state index is 4.95. The maximum Gasteiger partial charge on any atom is 0.0895 e. The summed E-state index contributed by atoms with van der Waals surface area (Å²) in [5.74, 6) is 0. The van der Waals surface area contributed by atoms with Crippen molar-refractivity contribution in [1.29, 1.82) is 0 Å². The fourth-order valence-electron chi connectivity index (χ4n) is 6.21. The lowest BCUT2D eigenvalue weighted by molar-refractivity contribution is 1.30. The fraction of sp³-hybridized carbons (Fsp3) is 0. The van der Waals surface area contributed by atoms with Gasteiger partial charge >= 0.3 is 0 Å². The molecule has 0 aliphatic carbocycles. The van der Waals surface area contributed by atoms with Gasteiger partial charge in [0.05, 0.1) is 10.2 Å². The van der Waals surface area contributed by atoms with Crippen LogP contribution < -0.4 is 4.90 Å². The van der Waals surface area contributed by atoms with E-state index in [-0.39, 0.29) is 0 Å². The summed E-state index contributed by atoms with van der Waals surface area (Å²) in [4.78, 5) is 7.33. The zero-order valence-corrected chi connectivity index (χ0v) is 24.7. The number of hydrogen-bond donors (Lipinski definition) is 0. The number of fused-ring (bicyclic) bond motifs is 8. The number of rotatable bonds is 4. The van der Waals surface area contributed by atoms with E-state index in [0.29, 0.717) is 0 Å². The number of pyridine rings is 1. The molecule has 3 heterocycles. The number of thiophene rings is 2. The first-order valence-corrected chi connectivity index (χ1v) is 16.0. The first-order chi connectivity index (χ1) is 21.3. The van der Waals surface area contributed by atoms with E-state index in [9.17, 15) is 0 Å². The summed E-state index contributed by atoms with van der Waals surface area (Å²) in [5, 5.41) is 6.23. The van der Waals surface area contributed by atoms with Crippen LogP contribution in [0.15, 0.2) is 146 Å². The molecule has 0 spiro atoms. The molecular formula is C39H24N2S2. The van der Waals surface area contributed by atoms with Crippen LogP contribution in [0.3, 0.4) is 0 Å². The number of aromatic nitrogens is 1. The minimum absolute atomic E-state index is 1.07. The Bertz CT molecular complexity index is 2450. The van der Waals surface area contributed by atoms with Crippen LogP contribution in [-0.4, -0.2) is 4.98 Å². The van der Waals surface area contributed by atoms with Crippen molar-refractivity contribution in [2.45, 2.75) is 0 Å². The average Bonchev–Trinajstić information content (AvgIpc) is 3.64. The minimum Gasteiger partial charge on any atom is -0.310 e. The summed E-state index contributed by atoms with van der Waals surface area (Å²) in [6.45, 7) is 0. The van der Waals surface area contributed by atoms with Gasteiger partial charge in [0.1, 0.15) is 0 Å². The molecule has 0 aliphatic heterocycles. The van der Waals surface area contributed by atoms with E-state index in [0.717, 1.165) is 22.6 Å². The van der Waals surface area contributed by atoms with Crippen molar-refractivity contribution < 1.29 is 0 Å². The highest BCUT2D eigenvalue weighted by atomic mass is 32.1. The molecule has 4 heteroatoms. The van der Waals surface area contributed by atoms with E-state index in [1.165, 1.54) is 56.9 Å². The molecule has 9 rings (SSSR count). The third kappa shape index (κ3) is 4.03. The highest BCUT2D eigenvalue weighted by Gasteiger charge is 2.18. The summed E-state index contributed by atoms with van der Waals surface area (Å²) in [6, 6.07) is 50.4. The van der Waals surface area contributed by atoms with E-state index < -0.39 is 0 Å². The number of hydrogen-bond acceptors (Lipinski definition) is 4. The molecule has 3 aromatic heterocycles. The first kappa shape index (κ1) is 24.6. The van der Waals surface area contributed by atoms with Crippen molar-refractivity contribution in [2.75, 3.05) is 4.90 Å². The van der Waals surface area contributed by atoms with Gasteiger partial charge in [0, 0.05) is 64.3 Å². The van der Waals surface area contributed by atoms with Crippen LogP contribution in [0.1, 0.15) is 0 Å². The molecule has 2 nitrogen and oxygen atoms in total. The third-order valence-electron chi connectivity index (χ3n) is 8.29. The van der Waals surface area contributed by atoms with Crippen molar-refractivity contribution in [2.24, 2.45) is 0 Å². The van der Waals surface area contributed by atoms with Crippen LogP contribution in [0.4, 0.5) is 17.1 Å². The van der Waals surface area contributed by atoms with Gasteiger partial charge < -0.3 is 4.90 Å². The summed E-state index contributed by atoms with van der Waals surface area (Å²) in [6.07, 6.45) is 2.01. The molecule has 43 heavy (non-hydrogen) atoms. The van der Waals surface area contributed by atoms with Gasteiger partial charge in [0.25, 0.3) is 0 Å². The number of nitrogens with zero attached hydrogens (tertiary/aromatic N) is 2. The summed E-state index contributed by atoms with van der Waals surface area (Å²) >= 11 is 3.68. The third-order valence-corrected chi connectivity index (χ3v) is 10.6. The lowest BCUT2D eigenvalue weighted by Crippen LogP contribution is -2.09. The molecule has 0 bridgehead atoms. The molecule has 6 aromatic carbocycles. The largest absolute Gasteiger partial charge is 0.310 e. The van der Waals surface area contributed by atoms with E-state index in [1.807, 2.05) is 28.9 Å². The monoisotopic (exact) mass is 584 g/mol. The van der Waals surface area contributed by atoms with Gasteiger partial charge in [-0.25, -0.2) is 0 Å². The quantitative estimate of drug-likeness (QED) is 0.205. The second-order valence-electron chi connectivity index (χ2n) is 10.8. The van der Waals surface area contributed by atoms with Gasteiger partial charge in [-0.3, -0.25) is 4.98 Å². The molecule has 202 valence electrons. The van der Waals surface area contributed by atoms with Gasteiger partial charge in [-0.05, 0) is 65.7 Å². The van der Waals surface area contributed by atoms with Crippen molar-refractivity contribution in [3.05, 3.63) is 146 Å². The highest BCUT2D eigenvalue weighted by molar-refractivity contribution is 7.26. The molecule has 0 amide bonds. The van der Waals surface area contributed by atoms with Gasteiger partial charge in [-0.2, -0.15) is 0 Å². The molecular weight excluding hydrogens is 561 g/mol. The second kappa shape index (κ2) is 9.77. The van der Waals surface area contributed by atoms with E-state index in [1.54, 1.807) is 0 Å². The number of anilines is 3. The van der Waals surface area contributed by atoms with Gasteiger partial charge in [0.2, 0.25) is 0 Å². The summed E-state index contributed by atoms with van der Waals surface area (Å²) < 4.78 is 5.12. The van der Waals surface area contributed by atoms with Crippen molar-refractivity contribution in [1.82, 2.24) is 4.98 Å². The Morgan fingerprint density at radius 1 is 0.442 bits per heavy atom. The van der Waals surface area contributed by atoms with E-state index >= 15 is 0 Å². The smallest absolute Gasteiger partial charge is 0.0895 e. The van der Waals surface area contributed by atoms with Gasteiger partial charge in [0.15, 0.2) is 0 Å². The average molecular weight is 585 g/mol. The Hall–Kier alpha value is -5.03. The van der Waals surface area contributed by atoms with Crippen LogP contribution in [0, 0.1) is 0 Å².